The van der Waals surface area contributed by atoms with E-state index < -0.39 is 37.3 Å². The van der Waals surface area contributed by atoms with Crippen molar-refractivity contribution in [2.24, 2.45) is 0 Å². The minimum atomic E-state index is -1.49. The number of aliphatic hydroxyl groups is 4. The number of ether oxygens (including phenoxy) is 3. The maximum Gasteiger partial charge on any atom is 0.229 e. The average molecular weight is 402 g/mol. The Balaban J connectivity index is 1.72. The van der Waals surface area contributed by atoms with Crippen LogP contribution in [-0.2, 0) is 11.2 Å². The van der Waals surface area contributed by atoms with Gasteiger partial charge in [-0.05, 0) is 29.3 Å². The van der Waals surface area contributed by atoms with Gasteiger partial charge in [0.15, 0.2) is 0 Å². The first-order chi connectivity index (χ1) is 14.0. The second kappa shape index (κ2) is 9.87. The Labute approximate surface area is 169 Å². The lowest BCUT2D eigenvalue weighted by atomic mass is 9.99. The molecule has 1 aliphatic rings. The molecule has 1 aliphatic heterocycles. The summed E-state index contributed by atoms with van der Waals surface area (Å²) in [5, 5.41) is 39.4. The van der Waals surface area contributed by atoms with E-state index in [2.05, 4.69) is 6.58 Å². The summed E-state index contributed by atoms with van der Waals surface area (Å²) < 4.78 is 16.7. The van der Waals surface area contributed by atoms with Gasteiger partial charge in [0, 0.05) is 6.42 Å². The predicted molar refractivity (Wildman–Crippen MR) is 106 cm³/mol. The Morgan fingerprint density at radius 3 is 2.38 bits per heavy atom. The topological polar surface area (TPSA) is 109 Å². The predicted octanol–water partition coefficient (Wildman–Crippen LogP) is 1.02. The third-order valence-corrected chi connectivity index (χ3v) is 4.75. The third kappa shape index (κ3) is 5.14. The first-order valence-corrected chi connectivity index (χ1v) is 9.41. The van der Waals surface area contributed by atoms with E-state index in [9.17, 15) is 20.4 Å². The van der Waals surface area contributed by atoms with Crippen LogP contribution in [0.25, 0.3) is 0 Å². The van der Waals surface area contributed by atoms with Gasteiger partial charge in [0.25, 0.3) is 0 Å². The maximum atomic E-state index is 10.2. The molecule has 5 atom stereocenters. The number of para-hydroxylation sites is 1. The summed E-state index contributed by atoms with van der Waals surface area (Å²) in [6, 6.07) is 14.9. The van der Waals surface area contributed by atoms with Crippen LogP contribution >= 0.6 is 0 Å². The van der Waals surface area contributed by atoms with Crippen molar-refractivity contribution in [3.05, 3.63) is 72.3 Å². The number of hydrogen-bond donors (Lipinski definition) is 4. The fourth-order valence-corrected chi connectivity index (χ4v) is 3.13. The van der Waals surface area contributed by atoms with E-state index in [-0.39, 0.29) is 0 Å². The lowest BCUT2D eigenvalue weighted by Crippen LogP contribution is -2.60. The van der Waals surface area contributed by atoms with Gasteiger partial charge < -0.3 is 34.6 Å². The van der Waals surface area contributed by atoms with E-state index in [1.165, 1.54) is 0 Å². The van der Waals surface area contributed by atoms with Gasteiger partial charge in [0.05, 0.1) is 6.61 Å². The molecular formula is C22H26O7. The molecule has 1 fully saturated rings. The molecule has 1 heterocycles. The molecule has 2 aromatic carbocycles. The first kappa shape index (κ1) is 21.3. The van der Waals surface area contributed by atoms with Crippen LogP contribution in [0.5, 0.6) is 11.5 Å². The summed E-state index contributed by atoms with van der Waals surface area (Å²) in [4.78, 5) is 0. The normalized spacial score (nSPS) is 26.7. The van der Waals surface area contributed by atoms with Crippen LogP contribution in [0.1, 0.15) is 11.1 Å². The van der Waals surface area contributed by atoms with Crippen LogP contribution in [-0.4, -0.2) is 64.3 Å². The molecule has 0 aromatic heterocycles. The molecule has 0 radical (unpaired) electrons. The summed E-state index contributed by atoms with van der Waals surface area (Å²) in [6.07, 6.45) is -4.36. The Bertz CT molecular complexity index is 790. The van der Waals surface area contributed by atoms with E-state index in [1.54, 1.807) is 18.2 Å². The van der Waals surface area contributed by atoms with Gasteiger partial charge >= 0.3 is 0 Å². The van der Waals surface area contributed by atoms with Gasteiger partial charge in [-0.3, -0.25) is 0 Å². The Morgan fingerprint density at radius 1 is 0.966 bits per heavy atom. The van der Waals surface area contributed by atoms with Crippen molar-refractivity contribution in [3.8, 4) is 11.5 Å². The van der Waals surface area contributed by atoms with E-state index in [4.69, 9.17) is 14.2 Å². The maximum absolute atomic E-state index is 10.2. The molecule has 0 amide bonds. The largest absolute Gasteiger partial charge is 0.490 e. The van der Waals surface area contributed by atoms with Crippen LogP contribution in [0.2, 0.25) is 0 Å². The minimum absolute atomic E-state index is 0.440. The van der Waals surface area contributed by atoms with E-state index in [0.717, 1.165) is 16.9 Å². The zero-order chi connectivity index (χ0) is 20.8. The number of aliphatic hydroxyl groups excluding tert-OH is 4. The molecule has 0 spiro atoms. The lowest BCUT2D eigenvalue weighted by Gasteiger charge is -2.39. The molecule has 4 N–H and O–H groups in total. The fraction of sp³-hybridized carbons (Fsp3) is 0.364. The summed E-state index contributed by atoms with van der Waals surface area (Å²) in [6.45, 7) is 3.55. The Kier molecular flexibility index (Phi) is 7.24. The molecule has 7 nitrogen and oxygen atoms in total. The monoisotopic (exact) mass is 402 g/mol. The summed E-state index contributed by atoms with van der Waals surface area (Å²) in [5.74, 6) is 1.23. The van der Waals surface area contributed by atoms with Gasteiger partial charge in [0.1, 0.15) is 42.5 Å². The van der Waals surface area contributed by atoms with Crippen LogP contribution < -0.4 is 9.47 Å². The van der Waals surface area contributed by atoms with E-state index in [1.807, 2.05) is 36.4 Å². The summed E-state index contributed by atoms with van der Waals surface area (Å²) >= 11 is 0. The Morgan fingerprint density at radius 2 is 1.69 bits per heavy atom. The fourth-order valence-electron chi connectivity index (χ4n) is 3.13. The molecule has 2 aromatic rings. The van der Waals surface area contributed by atoms with Crippen LogP contribution in [0, 0.1) is 0 Å². The summed E-state index contributed by atoms with van der Waals surface area (Å²) in [5.41, 5.74) is 1.88. The van der Waals surface area contributed by atoms with E-state index in [0.29, 0.717) is 18.8 Å². The van der Waals surface area contributed by atoms with Gasteiger partial charge in [-0.2, -0.15) is 0 Å². The molecule has 29 heavy (non-hydrogen) atoms. The summed E-state index contributed by atoms with van der Waals surface area (Å²) in [7, 11) is 0. The van der Waals surface area contributed by atoms with Crippen molar-refractivity contribution in [3.63, 3.8) is 0 Å². The second-order valence-electron chi connectivity index (χ2n) is 6.84. The molecule has 0 aliphatic carbocycles. The van der Waals surface area contributed by atoms with Crippen LogP contribution in [0.4, 0.5) is 0 Å². The highest BCUT2D eigenvalue weighted by molar-refractivity contribution is 5.39. The average Bonchev–Trinajstić information content (AvgIpc) is 2.75. The van der Waals surface area contributed by atoms with Crippen LogP contribution in [0.15, 0.2) is 61.2 Å². The molecule has 7 heteroatoms. The first-order valence-electron chi connectivity index (χ1n) is 9.41. The van der Waals surface area contributed by atoms with E-state index >= 15 is 0 Å². The van der Waals surface area contributed by atoms with Gasteiger partial charge in [-0.25, -0.2) is 0 Å². The molecule has 0 bridgehead atoms. The Hall–Kier alpha value is -2.42. The molecule has 3 rings (SSSR count). The smallest absolute Gasteiger partial charge is 0.229 e. The van der Waals surface area contributed by atoms with Gasteiger partial charge in [-0.15, -0.1) is 0 Å². The van der Waals surface area contributed by atoms with Crippen molar-refractivity contribution in [1.29, 1.82) is 0 Å². The standard InChI is InChI=1S/C22H26O7/c1-2-11-27-16-9-7-14(8-10-16)12-15-5-3-4-6-17(15)28-22-21(26)20(25)19(24)18(13-23)29-22/h2-10,18-26H,1,11-13H2/t18-,19-,20+,21-,22+/m1/s1. The highest BCUT2D eigenvalue weighted by Crippen LogP contribution is 2.28. The molecule has 1 saturated heterocycles. The zero-order valence-corrected chi connectivity index (χ0v) is 15.9. The zero-order valence-electron chi connectivity index (χ0n) is 15.9. The molecule has 156 valence electrons. The third-order valence-electron chi connectivity index (χ3n) is 4.75. The minimum Gasteiger partial charge on any atom is -0.490 e. The highest BCUT2D eigenvalue weighted by atomic mass is 16.7. The van der Waals surface area contributed by atoms with Crippen molar-refractivity contribution in [2.45, 2.75) is 37.1 Å². The van der Waals surface area contributed by atoms with Gasteiger partial charge in [-0.1, -0.05) is 43.0 Å². The van der Waals surface area contributed by atoms with Crippen LogP contribution in [0.3, 0.4) is 0 Å². The number of benzene rings is 2. The molecule has 0 unspecified atom stereocenters. The lowest BCUT2D eigenvalue weighted by molar-refractivity contribution is -0.277. The molecular weight excluding hydrogens is 376 g/mol. The van der Waals surface area contributed by atoms with Gasteiger partial charge in [0.2, 0.25) is 6.29 Å². The second-order valence-corrected chi connectivity index (χ2v) is 6.84. The van der Waals surface area contributed by atoms with Crippen molar-refractivity contribution in [1.82, 2.24) is 0 Å². The highest BCUT2D eigenvalue weighted by Gasteiger charge is 2.44. The van der Waals surface area contributed by atoms with Crippen molar-refractivity contribution in [2.75, 3.05) is 13.2 Å². The number of rotatable bonds is 8. The molecule has 0 saturated carbocycles. The van der Waals surface area contributed by atoms with Crippen molar-refractivity contribution < 1.29 is 34.6 Å². The quantitative estimate of drug-likeness (QED) is 0.488. The SMILES string of the molecule is C=CCOc1ccc(Cc2ccccc2O[C@H]2O[C@H](CO)[C@@H](O)[C@H](O)[C@H]2O)cc1. The number of hydrogen-bond acceptors (Lipinski definition) is 7. The van der Waals surface area contributed by atoms with Crippen molar-refractivity contribution >= 4 is 0 Å².